The molecule has 0 aliphatic rings. The molecule has 2 rings (SSSR count). The van der Waals surface area contributed by atoms with Crippen LogP contribution in [0.3, 0.4) is 0 Å². The molecular formula is C17H24N2O. The molecule has 20 heavy (non-hydrogen) atoms. The first kappa shape index (κ1) is 14.8. The van der Waals surface area contributed by atoms with Crippen molar-refractivity contribution in [3.8, 4) is 5.88 Å². The zero-order valence-electron chi connectivity index (χ0n) is 12.9. The van der Waals surface area contributed by atoms with Gasteiger partial charge in [-0.2, -0.15) is 0 Å². The maximum absolute atomic E-state index is 5.94. The Bertz CT molecular complexity index is 573. The number of ether oxygens (including phenoxy) is 1. The predicted octanol–water partition coefficient (Wildman–Crippen LogP) is 3.77. The van der Waals surface area contributed by atoms with Gasteiger partial charge in [0.2, 0.25) is 5.88 Å². The highest BCUT2D eigenvalue weighted by molar-refractivity contribution is 5.87. The number of nitrogens with zero attached hydrogens (tertiary/aromatic N) is 1. The third kappa shape index (κ3) is 3.94. The minimum atomic E-state index is 0.276. The summed E-state index contributed by atoms with van der Waals surface area (Å²) in [7, 11) is 1.93. The lowest BCUT2D eigenvalue weighted by atomic mass is 9.93. The smallest absolute Gasteiger partial charge is 0.221 e. The third-order valence-corrected chi connectivity index (χ3v) is 3.21. The van der Waals surface area contributed by atoms with Crippen LogP contribution < -0.4 is 10.1 Å². The molecule has 0 unspecified atom stereocenters. The standard InChI is InChI=1S/C17H24N2O/c1-17(2,3)9-10-20-16-15-8-6-5-7-13(15)11-14(19-16)12-18-4/h5-8,11,18H,9-10,12H2,1-4H3. The molecule has 0 fully saturated rings. The van der Waals surface area contributed by atoms with Crippen LogP contribution in [0.1, 0.15) is 32.9 Å². The van der Waals surface area contributed by atoms with Crippen LogP contribution in [0.15, 0.2) is 30.3 Å². The molecule has 1 heterocycles. The number of aromatic nitrogens is 1. The van der Waals surface area contributed by atoms with Crippen LogP contribution in [0.2, 0.25) is 0 Å². The summed E-state index contributed by atoms with van der Waals surface area (Å²) in [6, 6.07) is 10.4. The molecule has 1 N–H and O–H groups in total. The lowest BCUT2D eigenvalue weighted by Gasteiger charge is -2.18. The number of hydrogen-bond donors (Lipinski definition) is 1. The van der Waals surface area contributed by atoms with Crippen LogP contribution in [0.4, 0.5) is 0 Å². The van der Waals surface area contributed by atoms with Crippen molar-refractivity contribution in [3.63, 3.8) is 0 Å². The first-order valence-corrected chi connectivity index (χ1v) is 7.16. The Morgan fingerprint density at radius 1 is 1.20 bits per heavy atom. The van der Waals surface area contributed by atoms with Gasteiger partial charge in [0, 0.05) is 11.9 Å². The van der Waals surface area contributed by atoms with E-state index < -0.39 is 0 Å². The van der Waals surface area contributed by atoms with E-state index in [1.165, 1.54) is 5.39 Å². The Labute approximate surface area is 121 Å². The molecule has 0 aliphatic heterocycles. The lowest BCUT2D eigenvalue weighted by Crippen LogP contribution is -2.13. The number of benzene rings is 1. The van der Waals surface area contributed by atoms with Gasteiger partial charge < -0.3 is 10.1 Å². The maximum Gasteiger partial charge on any atom is 0.221 e. The van der Waals surface area contributed by atoms with E-state index in [1.807, 2.05) is 19.2 Å². The highest BCUT2D eigenvalue weighted by Crippen LogP contribution is 2.26. The molecule has 1 aromatic heterocycles. The maximum atomic E-state index is 5.94. The molecule has 3 nitrogen and oxygen atoms in total. The highest BCUT2D eigenvalue weighted by Gasteiger charge is 2.12. The van der Waals surface area contributed by atoms with E-state index >= 15 is 0 Å². The minimum absolute atomic E-state index is 0.276. The van der Waals surface area contributed by atoms with E-state index in [9.17, 15) is 0 Å². The van der Waals surface area contributed by atoms with Crippen LogP contribution in [0.5, 0.6) is 5.88 Å². The number of hydrogen-bond acceptors (Lipinski definition) is 3. The van der Waals surface area contributed by atoms with Gasteiger partial charge in [-0.1, -0.05) is 39.0 Å². The van der Waals surface area contributed by atoms with Gasteiger partial charge in [-0.25, -0.2) is 4.98 Å². The van der Waals surface area contributed by atoms with Gasteiger partial charge in [0.15, 0.2) is 0 Å². The summed E-state index contributed by atoms with van der Waals surface area (Å²) in [4.78, 5) is 4.63. The summed E-state index contributed by atoms with van der Waals surface area (Å²) in [5, 5.41) is 5.40. The summed E-state index contributed by atoms with van der Waals surface area (Å²) in [5.41, 5.74) is 1.29. The van der Waals surface area contributed by atoms with E-state index in [-0.39, 0.29) is 5.41 Å². The molecule has 0 amide bonds. The van der Waals surface area contributed by atoms with E-state index in [0.717, 1.165) is 29.9 Å². The van der Waals surface area contributed by atoms with Crippen molar-refractivity contribution in [2.24, 2.45) is 5.41 Å². The van der Waals surface area contributed by atoms with Crippen LogP contribution in [0, 0.1) is 5.41 Å². The van der Waals surface area contributed by atoms with Crippen LogP contribution >= 0.6 is 0 Å². The average molecular weight is 272 g/mol. The SMILES string of the molecule is CNCc1cc2ccccc2c(OCCC(C)(C)C)n1. The fraction of sp³-hybridized carbons (Fsp3) is 0.471. The van der Waals surface area contributed by atoms with Crippen molar-refractivity contribution < 1.29 is 4.74 Å². The molecular weight excluding hydrogens is 248 g/mol. The Balaban J connectivity index is 2.25. The number of nitrogens with one attached hydrogen (secondary N) is 1. The molecule has 0 spiro atoms. The Hall–Kier alpha value is -1.61. The normalized spacial score (nSPS) is 11.8. The second kappa shape index (κ2) is 6.23. The van der Waals surface area contributed by atoms with Crippen LogP contribution in [-0.4, -0.2) is 18.6 Å². The zero-order chi connectivity index (χ0) is 14.6. The molecule has 0 saturated heterocycles. The summed E-state index contributed by atoms with van der Waals surface area (Å²) in [6.07, 6.45) is 1.01. The average Bonchev–Trinajstić information content (AvgIpc) is 2.37. The van der Waals surface area contributed by atoms with E-state index in [1.54, 1.807) is 0 Å². The largest absolute Gasteiger partial charge is 0.477 e. The second-order valence-electron chi connectivity index (χ2n) is 6.33. The minimum Gasteiger partial charge on any atom is -0.477 e. The van der Waals surface area contributed by atoms with Crippen LogP contribution in [-0.2, 0) is 6.54 Å². The van der Waals surface area contributed by atoms with Crippen molar-refractivity contribution >= 4 is 10.8 Å². The monoisotopic (exact) mass is 272 g/mol. The quantitative estimate of drug-likeness (QED) is 0.899. The topological polar surface area (TPSA) is 34.1 Å². The molecule has 0 aliphatic carbocycles. The van der Waals surface area contributed by atoms with E-state index in [4.69, 9.17) is 4.74 Å². The van der Waals surface area contributed by atoms with Gasteiger partial charge in [-0.05, 0) is 36.4 Å². The molecule has 3 heteroatoms. The van der Waals surface area contributed by atoms with E-state index in [0.29, 0.717) is 6.61 Å². The molecule has 0 atom stereocenters. The van der Waals surface area contributed by atoms with Crippen molar-refractivity contribution in [1.82, 2.24) is 10.3 Å². The van der Waals surface area contributed by atoms with Gasteiger partial charge in [-0.3, -0.25) is 0 Å². The summed E-state index contributed by atoms with van der Waals surface area (Å²) in [5.74, 6) is 0.748. The van der Waals surface area contributed by atoms with Gasteiger partial charge in [-0.15, -0.1) is 0 Å². The Morgan fingerprint density at radius 3 is 2.65 bits per heavy atom. The van der Waals surface area contributed by atoms with Gasteiger partial charge in [0.1, 0.15) is 0 Å². The molecule has 0 radical (unpaired) electrons. The number of rotatable bonds is 5. The molecule has 2 aromatic rings. The Kier molecular flexibility index (Phi) is 4.61. The fourth-order valence-electron chi connectivity index (χ4n) is 2.06. The summed E-state index contributed by atoms with van der Waals surface area (Å²) in [6.45, 7) is 8.11. The fourth-order valence-corrected chi connectivity index (χ4v) is 2.06. The summed E-state index contributed by atoms with van der Waals surface area (Å²) < 4.78 is 5.94. The first-order valence-electron chi connectivity index (χ1n) is 7.16. The van der Waals surface area contributed by atoms with Gasteiger partial charge in [0.25, 0.3) is 0 Å². The van der Waals surface area contributed by atoms with Crippen molar-refractivity contribution in [2.75, 3.05) is 13.7 Å². The Morgan fingerprint density at radius 2 is 1.95 bits per heavy atom. The zero-order valence-corrected chi connectivity index (χ0v) is 12.9. The third-order valence-electron chi connectivity index (χ3n) is 3.21. The van der Waals surface area contributed by atoms with Crippen LogP contribution in [0.25, 0.3) is 10.8 Å². The molecule has 0 saturated carbocycles. The van der Waals surface area contributed by atoms with Gasteiger partial charge >= 0.3 is 0 Å². The molecule has 1 aromatic carbocycles. The molecule has 0 bridgehead atoms. The van der Waals surface area contributed by atoms with Gasteiger partial charge in [0.05, 0.1) is 12.3 Å². The van der Waals surface area contributed by atoms with Crippen molar-refractivity contribution in [1.29, 1.82) is 0 Å². The van der Waals surface area contributed by atoms with Crippen molar-refractivity contribution in [2.45, 2.75) is 33.7 Å². The highest BCUT2D eigenvalue weighted by atomic mass is 16.5. The first-order chi connectivity index (χ1) is 9.49. The number of pyridine rings is 1. The predicted molar refractivity (Wildman–Crippen MR) is 84.1 cm³/mol. The molecule has 108 valence electrons. The lowest BCUT2D eigenvalue weighted by molar-refractivity contribution is 0.238. The summed E-state index contributed by atoms with van der Waals surface area (Å²) >= 11 is 0. The van der Waals surface area contributed by atoms with E-state index in [2.05, 4.69) is 49.3 Å². The van der Waals surface area contributed by atoms with Crippen molar-refractivity contribution in [3.05, 3.63) is 36.0 Å². The number of fused-ring (bicyclic) bond motifs is 1. The second-order valence-corrected chi connectivity index (χ2v) is 6.33.